The first-order valence-corrected chi connectivity index (χ1v) is 3.69. The van der Waals surface area contributed by atoms with Crippen molar-refractivity contribution in [1.82, 2.24) is 10.4 Å². The number of nitrogens with two attached hydrogens (primary N) is 1. The van der Waals surface area contributed by atoms with Crippen LogP contribution in [0.4, 0.5) is 0 Å². The Hall–Kier alpha value is -1.08. The third kappa shape index (κ3) is 1.95. The van der Waals surface area contributed by atoms with E-state index >= 15 is 0 Å². The van der Waals surface area contributed by atoms with E-state index in [-0.39, 0.29) is 6.04 Å². The van der Waals surface area contributed by atoms with Gasteiger partial charge in [-0.2, -0.15) is 0 Å². The highest BCUT2D eigenvalue weighted by atomic mass is 35.5. The lowest BCUT2D eigenvalue weighted by molar-refractivity contribution is 0.673. The van der Waals surface area contributed by atoms with E-state index in [1.807, 2.05) is 0 Å². The molecular weight excluding hydrogens is 174 g/mol. The Labute approximate surface area is 75.9 Å². The fraction of sp³-hybridized carbons (Fsp3) is 0.125. The van der Waals surface area contributed by atoms with Crippen molar-refractivity contribution < 1.29 is 0 Å². The summed E-state index contributed by atoms with van der Waals surface area (Å²) in [7, 11) is 0. The molecule has 1 rings (SSSR count). The van der Waals surface area contributed by atoms with E-state index in [2.05, 4.69) is 16.3 Å². The lowest BCUT2D eigenvalue weighted by Gasteiger charge is -2.08. The standard InChI is InChI=1S/C8H8ClN3/c1-2-7(12-10)6-3-4-11-8(9)5-6/h1,3-5,7,12H,10H2. The van der Waals surface area contributed by atoms with Crippen LogP contribution in [0.15, 0.2) is 18.3 Å². The molecule has 3 nitrogen and oxygen atoms in total. The number of terminal acetylenes is 1. The fourth-order valence-electron chi connectivity index (χ4n) is 0.838. The van der Waals surface area contributed by atoms with Crippen molar-refractivity contribution in [1.29, 1.82) is 0 Å². The van der Waals surface area contributed by atoms with Crippen molar-refractivity contribution >= 4 is 11.6 Å². The van der Waals surface area contributed by atoms with Crippen LogP contribution >= 0.6 is 11.6 Å². The zero-order valence-electron chi connectivity index (χ0n) is 6.29. The first-order valence-electron chi connectivity index (χ1n) is 3.31. The largest absolute Gasteiger partial charge is 0.270 e. The molecule has 1 aromatic rings. The van der Waals surface area contributed by atoms with Crippen molar-refractivity contribution in [2.24, 2.45) is 5.84 Å². The minimum atomic E-state index is -0.314. The number of hydrogen-bond donors (Lipinski definition) is 2. The zero-order valence-corrected chi connectivity index (χ0v) is 7.05. The number of nitrogens with one attached hydrogen (secondary N) is 1. The molecule has 0 spiro atoms. The molecule has 1 heterocycles. The number of pyridine rings is 1. The molecule has 0 saturated carbocycles. The van der Waals surface area contributed by atoms with Gasteiger partial charge in [-0.05, 0) is 17.7 Å². The van der Waals surface area contributed by atoms with Crippen LogP contribution < -0.4 is 11.3 Å². The summed E-state index contributed by atoms with van der Waals surface area (Å²) < 4.78 is 0. The second-order valence-corrected chi connectivity index (χ2v) is 2.57. The molecule has 0 aliphatic heterocycles. The summed E-state index contributed by atoms with van der Waals surface area (Å²) in [6, 6.07) is 3.12. The molecule has 0 radical (unpaired) electrons. The van der Waals surface area contributed by atoms with Crippen molar-refractivity contribution in [2.45, 2.75) is 6.04 Å². The summed E-state index contributed by atoms with van der Waals surface area (Å²) in [6.07, 6.45) is 6.79. The second kappa shape index (κ2) is 4.07. The van der Waals surface area contributed by atoms with Crippen LogP contribution in [0.2, 0.25) is 5.15 Å². The fourth-order valence-corrected chi connectivity index (χ4v) is 1.02. The summed E-state index contributed by atoms with van der Waals surface area (Å²) in [4.78, 5) is 3.82. The Morgan fingerprint density at radius 2 is 2.50 bits per heavy atom. The van der Waals surface area contributed by atoms with Gasteiger partial charge < -0.3 is 0 Å². The van der Waals surface area contributed by atoms with Gasteiger partial charge in [-0.25, -0.2) is 10.4 Å². The van der Waals surface area contributed by atoms with Gasteiger partial charge in [0.2, 0.25) is 0 Å². The maximum Gasteiger partial charge on any atom is 0.129 e. The number of halogens is 1. The monoisotopic (exact) mass is 181 g/mol. The molecule has 0 aliphatic carbocycles. The summed E-state index contributed by atoms with van der Waals surface area (Å²) in [5, 5.41) is 0.406. The van der Waals surface area contributed by atoms with Gasteiger partial charge in [0.15, 0.2) is 0 Å². The van der Waals surface area contributed by atoms with Crippen LogP contribution in [0.5, 0.6) is 0 Å². The predicted octanol–water partition coefficient (Wildman–Crippen LogP) is 0.873. The second-order valence-electron chi connectivity index (χ2n) is 2.18. The van der Waals surface area contributed by atoms with E-state index < -0.39 is 0 Å². The van der Waals surface area contributed by atoms with E-state index in [1.54, 1.807) is 18.3 Å². The molecule has 0 fully saturated rings. The summed E-state index contributed by atoms with van der Waals surface area (Å²) in [6.45, 7) is 0. The van der Waals surface area contributed by atoms with Gasteiger partial charge in [0.1, 0.15) is 11.2 Å². The lowest BCUT2D eigenvalue weighted by atomic mass is 10.1. The molecule has 1 aromatic heterocycles. The first kappa shape index (κ1) is 9.01. The molecule has 0 amide bonds. The van der Waals surface area contributed by atoms with Gasteiger partial charge in [-0.15, -0.1) is 6.42 Å². The minimum Gasteiger partial charge on any atom is -0.270 e. The van der Waals surface area contributed by atoms with E-state index in [1.165, 1.54) is 0 Å². The minimum absolute atomic E-state index is 0.314. The Morgan fingerprint density at radius 1 is 1.75 bits per heavy atom. The third-order valence-electron chi connectivity index (χ3n) is 1.42. The topological polar surface area (TPSA) is 50.9 Å². The van der Waals surface area contributed by atoms with Crippen LogP contribution in [0.1, 0.15) is 11.6 Å². The van der Waals surface area contributed by atoms with Crippen molar-refractivity contribution in [3.63, 3.8) is 0 Å². The Balaban J connectivity index is 2.95. The van der Waals surface area contributed by atoms with Crippen LogP contribution in [-0.2, 0) is 0 Å². The van der Waals surface area contributed by atoms with Gasteiger partial charge in [0.25, 0.3) is 0 Å². The van der Waals surface area contributed by atoms with Crippen molar-refractivity contribution in [3.05, 3.63) is 29.0 Å². The third-order valence-corrected chi connectivity index (χ3v) is 1.62. The normalized spacial score (nSPS) is 12.1. The maximum atomic E-state index is 5.65. The highest BCUT2D eigenvalue weighted by molar-refractivity contribution is 6.29. The number of hydrogen-bond acceptors (Lipinski definition) is 3. The quantitative estimate of drug-likeness (QED) is 0.308. The Bertz CT molecular complexity index is 305. The van der Waals surface area contributed by atoms with E-state index in [0.717, 1.165) is 5.56 Å². The van der Waals surface area contributed by atoms with Crippen LogP contribution in [0.3, 0.4) is 0 Å². The Kier molecular flexibility index (Phi) is 3.06. The molecule has 4 heteroatoms. The molecule has 0 saturated heterocycles. The van der Waals surface area contributed by atoms with Gasteiger partial charge in [-0.3, -0.25) is 5.84 Å². The molecule has 1 atom stereocenters. The van der Waals surface area contributed by atoms with E-state index in [4.69, 9.17) is 23.9 Å². The predicted molar refractivity (Wildman–Crippen MR) is 48.1 cm³/mol. The van der Waals surface area contributed by atoms with E-state index in [0.29, 0.717) is 5.15 Å². The maximum absolute atomic E-state index is 5.65. The highest BCUT2D eigenvalue weighted by Crippen LogP contribution is 2.13. The summed E-state index contributed by atoms with van der Waals surface area (Å²) in [5.74, 6) is 7.68. The van der Waals surface area contributed by atoms with Crippen LogP contribution in [0.25, 0.3) is 0 Å². The van der Waals surface area contributed by atoms with Crippen LogP contribution in [-0.4, -0.2) is 4.98 Å². The van der Waals surface area contributed by atoms with Crippen LogP contribution in [0, 0.1) is 12.3 Å². The Morgan fingerprint density at radius 3 is 3.00 bits per heavy atom. The number of aromatic nitrogens is 1. The highest BCUT2D eigenvalue weighted by Gasteiger charge is 2.05. The lowest BCUT2D eigenvalue weighted by Crippen LogP contribution is -2.26. The van der Waals surface area contributed by atoms with Gasteiger partial charge >= 0.3 is 0 Å². The molecule has 3 N–H and O–H groups in total. The average molecular weight is 182 g/mol. The average Bonchev–Trinajstić information content (AvgIpc) is 2.07. The number of rotatable bonds is 2. The summed E-state index contributed by atoms with van der Waals surface area (Å²) >= 11 is 5.65. The van der Waals surface area contributed by atoms with Gasteiger partial charge in [-0.1, -0.05) is 17.5 Å². The molecule has 1 unspecified atom stereocenters. The van der Waals surface area contributed by atoms with E-state index in [9.17, 15) is 0 Å². The zero-order chi connectivity index (χ0) is 8.97. The van der Waals surface area contributed by atoms with Gasteiger partial charge in [0, 0.05) is 6.20 Å². The molecule has 0 aromatic carbocycles. The number of hydrazine groups is 1. The SMILES string of the molecule is C#CC(NN)c1ccnc(Cl)c1. The van der Waals surface area contributed by atoms with Crippen molar-refractivity contribution in [2.75, 3.05) is 0 Å². The molecule has 0 bridgehead atoms. The molecule has 0 aliphatic rings. The van der Waals surface area contributed by atoms with Crippen molar-refractivity contribution in [3.8, 4) is 12.3 Å². The molecular formula is C8H8ClN3. The number of nitrogens with zero attached hydrogens (tertiary/aromatic N) is 1. The smallest absolute Gasteiger partial charge is 0.129 e. The molecule has 12 heavy (non-hydrogen) atoms. The molecule has 62 valence electrons. The van der Waals surface area contributed by atoms with Gasteiger partial charge in [0.05, 0.1) is 0 Å². The first-order chi connectivity index (χ1) is 5.77. The summed E-state index contributed by atoms with van der Waals surface area (Å²) in [5.41, 5.74) is 3.31.